The fourth-order valence-corrected chi connectivity index (χ4v) is 2.60. The largest absolute Gasteiger partial charge is 0.457 e. The van der Waals surface area contributed by atoms with E-state index in [2.05, 4.69) is 53.3 Å². The van der Waals surface area contributed by atoms with Crippen LogP contribution in [0.5, 0.6) is 11.5 Å². The van der Waals surface area contributed by atoms with Crippen molar-refractivity contribution in [1.29, 1.82) is 0 Å². The summed E-state index contributed by atoms with van der Waals surface area (Å²) in [4.78, 5) is 0. The number of hydrogen-bond donors (Lipinski definition) is 1. The zero-order chi connectivity index (χ0) is 14.8. The molecule has 0 amide bonds. The zero-order valence-electron chi connectivity index (χ0n) is 12.4. The number of nitrogens with one attached hydrogen (secondary N) is 1. The van der Waals surface area contributed by atoms with Gasteiger partial charge in [0.05, 0.1) is 0 Å². The van der Waals surface area contributed by atoms with Crippen molar-refractivity contribution in [3.63, 3.8) is 0 Å². The Morgan fingerprint density at radius 3 is 2.71 bits per heavy atom. The molecule has 2 nitrogen and oxygen atoms in total. The van der Waals surface area contributed by atoms with Crippen molar-refractivity contribution in [2.45, 2.75) is 39.3 Å². The molecule has 110 valence electrons. The molecule has 1 N–H and O–H groups in total. The number of rotatable bonds is 5. The molecule has 1 aliphatic rings. The Morgan fingerprint density at radius 1 is 1.14 bits per heavy atom. The van der Waals surface area contributed by atoms with Gasteiger partial charge in [-0.15, -0.1) is 0 Å². The molecule has 0 bridgehead atoms. The van der Waals surface area contributed by atoms with Gasteiger partial charge in [-0.1, -0.05) is 34.1 Å². The maximum atomic E-state index is 6.18. The Balaban J connectivity index is 1.85. The third-order valence-corrected chi connectivity index (χ3v) is 4.46. The van der Waals surface area contributed by atoms with Gasteiger partial charge in [0.2, 0.25) is 0 Å². The Morgan fingerprint density at radius 2 is 1.95 bits per heavy atom. The Labute approximate surface area is 134 Å². The number of aryl methyl sites for hydroxylation is 1. The lowest BCUT2D eigenvalue weighted by Crippen LogP contribution is -2.15. The summed E-state index contributed by atoms with van der Waals surface area (Å²) in [5.41, 5.74) is 3.64. The molecule has 2 aromatic rings. The number of hydrogen-bond acceptors (Lipinski definition) is 2. The van der Waals surface area contributed by atoms with Crippen molar-refractivity contribution >= 4 is 15.9 Å². The first kappa shape index (κ1) is 14.6. The van der Waals surface area contributed by atoms with E-state index in [1.54, 1.807) is 0 Å². The topological polar surface area (TPSA) is 21.3 Å². The van der Waals surface area contributed by atoms with Crippen LogP contribution >= 0.6 is 15.9 Å². The van der Waals surface area contributed by atoms with Crippen LogP contribution in [0.15, 0.2) is 40.9 Å². The number of ether oxygens (including phenoxy) is 1. The third-order valence-electron chi connectivity index (χ3n) is 3.96. The number of halogens is 1. The molecule has 3 rings (SSSR count). The molecule has 0 heterocycles. The molecule has 0 saturated heterocycles. The van der Waals surface area contributed by atoms with Crippen LogP contribution in [0.3, 0.4) is 0 Å². The van der Waals surface area contributed by atoms with E-state index in [4.69, 9.17) is 4.74 Å². The highest BCUT2D eigenvalue weighted by Crippen LogP contribution is 2.32. The summed E-state index contributed by atoms with van der Waals surface area (Å²) in [7, 11) is 0. The minimum absolute atomic E-state index is 0.696. The second-order valence-corrected chi connectivity index (χ2v) is 6.62. The SMILES string of the molecule is Cc1cccc(Oc2cc(Br)ccc2CNC2CC2)c1C. The van der Waals surface area contributed by atoms with Crippen LogP contribution in [-0.4, -0.2) is 6.04 Å². The van der Waals surface area contributed by atoms with Crippen LogP contribution < -0.4 is 10.1 Å². The molecule has 1 aliphatic carbocycles. The minimum Gasteiger partial charge on any atom is -0.457 e. The van der Waals surface area contributed by atoms with Crippen molar-refractivity contribution in [1.82, 2.24) is 5.32 Å². The third kappa shape index (κ3) is 3.66. The molecular weight excluding hydrogens is 326 g/mol. The van der Waals surface area contributed by atoms with Gasteiger partial charge in [-0.2, -0.15) is 0 Å². The average molecular weight is 346 g/mol. The van der Waals surface area contributed by atoms with Gasteiger partial charge < -0.3 is 10.1 Å². The second kappa shape index (κ2) is 6.20. The smallest absolute Gasteiger partial charge is 0.133 e. The van der Waals surface area contributed by atoms with E-state index < -0.39 is 0 Å². The molecule has 0 spiro atoms. The highest BCUT2D eigenvalue weighted by molar-refractivity contribution is 9.10. The van der Waals surface area contributed by atoms with Crippen LogP contribution in [0.25, 0.3) is 0 Å². The van der Waals surface area contributed by atoms with Crippen LogP contribution in [-0.2, 0) is 6.54 Å². The highest BCUT2D eigenvalue weighted by Gasteiger charge is 2.20. The highest BCUT2D eigenvalue weighted by atomic mass is 79.9. The Hall–Kier alpha value is -1.32. The molecule has 2 aromatic carbocycles. The molecule has 1 fully saturated rings. The van der Waals surface area contributed by atoms with Gasteiger partial charge in [0.1, 0.15) is 11.5 Å². The maximum absolute atomic E-state index is 6.18. The van der Waals surface area contributed by atoms with E-state index in [-0.39, 0.29) is 0 Å². The van der Waals surface area contributed by atoms with Gasteiger partial charge in [0, 0.05) is 22.6 Å². The van der Waals surface area contributed by atoms with Crippen molar-refractivity contribution in [2.24, 2.45) is 0 Å². The van der Waals surface area contributed by atoms with Crippen molar-refractivity contribution in [2.75, 3.05) is 0 Å². The lowest BCUT2D eigenvalue weighted by Gasteiger charge is -2.15. The summed E-state index contributed by atoms with van der Waals surface area (Å²) in [5, 5.41) is 3.55. The molecule has 1 saturated carbocycles. The summed E-state index contributed by atoms with van der Waals surface area (Å²) in [5.74, 6) is 1.85. The van der Waals surface area contributed by atoms with Gasteiger partial charge in [-0.05, 0) is 56.0 Å². The average Bonchev–Trinajstić information content (AvgIpc) is 3.27. The fourth-order valence-electron chi connectivity index (χ4n) is 2.26. The van der Waals surface area contributed by atoms with E-state index in [0.717, 1.165) is 22.5 Å². The second-order valence-electron chi connectivity index (χ2n) is 5.71. The normalized spacial score (nSPS) is 14.2. The Bertz CT molecular complexity index is 650. The van der Waals surface area contributed by atoms with Crippen LogP contribution in [0, 0.1) is 13.8 Å². The summed E-state index contributed by atoms with van der Waals surface area (Å²) in [6.07, 6.45) is 2.59. The van der Waals surface area contributed by atoms with Gasteiger partial charge in [-0.3, -0.25) is 0 Å². The van der Waals surface area contributed by atoms with Gasteiger partial charge in [-0.25, -0.2) is 0 Å². The van der Waals surface area contributed by atoms with Crippen LogP contribution in [0.2, 0.25) is 0 Å². The van der Waals surface area contributed by atoms with Gasteiger partial charge in [0.15, 0.2) is 0 Å². The summed E-state index contributed by atoms with van der Waals surface area (Å²) in [6, 6.07) is 13.1. The van der Waals surface area contributed by atoms with Gasteiger partial charge >= 0.3 is 0 Å². The number of benzene rings is 2. The van der Waals surface area contributed by atoms with Crippen molar-refractivity contribution < 1.29 is 4.74 Å². The summed E-state index contributed by atoms with van der Waals surface area (Å²) >= 11 is 3.53. The maximum Gasteiger partial charge on any atom is 0.133 e. The lowest BCUT2D eigenvalue weighted by molar-refractivity contribution is 0.468. The summed E-state index contributed by atoms with van der Waals surface area (Å²) in [6.45, 7) is 5.07. The van der Waals surface area contributed by atoms with Gasteiger partial charge in [0.25, 0.3) is 0 Å². The van der Waals surface area contributed by atoms with E-state index in [1.165, 1.54) is 29.5 Å². The fraction of sp³-hybridized carbons (Fsp3) is 0.333. The minimum atomic E-state index is 0.696. The van der Waals surface area contributed by atoms with E-state index in [1.807, 2.05) is 18.2 Å². The quantitative estimate of drug-likeness (QED) is 0.812. The van der Waals surface area contributed by atoms with E-state index >= 15 is 0 Å². The molecule has 0 aromatic heterocycles. The van der Waals surface area contributed by atoms with Crippen LogP contribution in [0.4, 0.5) is 0 Å². The summed E-state index contributed by atoms with van der Waals surface area (Å²) < 4.78 is 7.22. The first-order valence-corrected chi connectivity index (χ1v) is 8.18. The monoisotopic (exact) mass is 345 g/mol. The first-order valence-electron chi connectivity index (χ1n) is 7.39. The van der Waals surface area contributed by atoms with E-state index in [9.17, 15) is 0 Å². The first-order chi connectivity index (χ1) is 10.1. The van der Waals surface area contributed by atoms with Crippen molar-refractivity contribution in [3.8, 4) is 11.5 Å². The molecule has 0 radical (unpaired) electrons. The molecule has 21 heavy (non-hydrogen) atoms. The van der Waals surface area contributed by atoms with Crippen molar-refractivity contribution in [3.05, 3.63) is 57.6 Å². The Kier molecular flexibility index (Phi) is 4.32. The van der Waals surface area contributed by atoms with Crippen LogP contribution in [0.1, 0.15) is 29.5 Å². The predicted octanol–water partition coefficient (Wildman–Crippen LogP) is 5.11. The zero-order valence-corrected chi connectivity index (χ0v) is 14.0. The predicted molar refractivity (Wildman–Crippen MR) is 90.0 cm³/mol. The molecule has 0 aliphatic heterocycles. The molecular formula is C18H20BrNO. The molecule has 0 unspecified atom stereocenters. The standard InChI is InChI=1S/C18H20BrNO/c1-12-4-3-5-17(13(12)2)21-18-10-15(19)7-6-14(18)11-20-16-8-9-16/h3-7,10,16,20H,8-9,11H2,1-2H3. The molecule has 0 atom stereocenters. The van der Waals surface area contributed by atoms with E-state index in [0.29, 0.717) is 6.04 Å². The molecule has 3 heteroatoms. The lowest BCUT2D eigenvalue weighted by atomic mass is 10.1.